The van der Waals surface area contributed by atoms with E-state index in [1.165, 1.54) is 6.07 Å². The van der Waals surface area contributed by atoms with E-state index in [0.717, 1.165) is 16.6 Å². The summed E-state index contributed by atoms with van der Waals surface area (Å²) in [4.78, 5) is 7.12. The molecule has 0 bridgehead atoms. The van der Waals surface area contributed by atoms with E-state index >= 15 is 0 Å². The van der Waals surface area contributed by atoms with Gasteiger partial charge in [-0.05, 0) is 42.4 Å². The average molecular weight is 308 g/mol. The molecule has 0 aliphatic rings. The molecule has 20 heavy (non-hydrogen) atoms. The number of rotatable bonds is 2. The molecule has 3 nitrogen and oxygen atoms in total. The Balaban J connectivity index is 2.17. The van der Waals surface area contributed by atoms with Gasteiger partial charge in [0.25, 0.3) is 0 Å². The summed E-state index contributed by atoms with van der Waals surface area (Å²) in [6.07, 6.45) is 3.56. The van der Waals surface area contributed by atoms with Gasteiger partial charge in [0.15, 0.2) is 4.77 Å². The number of imidazole rings is 1. The fourth-order valence-electron chi connectivity index (χ4n) is 2.14. The molecule has 3 rings (SSSR count). The van der Waals surface area contributed by atoms with Crippen molar-refractivity contribution in [3.8, 4) is 0 Å². The predicted octanol–water partition coefficient (Wildman–Crippen LogP) is 4.24. The molecule has 0 unspecified atom stereocenters. The van der Waals surface area contributed by atoms with Crippen molar-refractivity contribution >= 4 is 34.9 Å². The van der Waals surface area contributed by atoms with Crippen LogP contribution in [0.4, 0.5) is 4.39 Å². The lowest BCUT2D eigenvalue weighted by molar-refractivity contribution is 0.629. The summed E-state index contributed by atoms with van der Waals surface area (Å²) in [6, 6.07) is 4.89. The maximum Gasteiger partial charge on any atom is 0.178 e. The molecule has 2 heterocycles. The Hall–Kier alpha value is -1.72. The molecular formula is C14H11ClFN3S. The normalized spacial score (nSPS) is 11.2. The Bertz CT molecular complexity index is 853. The van der Waals surface area contributed by atoms with Crippen LogP contribution in [0.5, 0.6) is 0 Å². The summed E-state index contributed by atoms with van der Waals surface area (Å²) in [6.45, 7) is 2.59. The van der Waals surface area contributed by atoms with Gasteiger partial charge in [0.1, 0.15) is 5.82 Å². The van der Waals surface area contributed by atoms with Crippen molar-refractivity contribution in [3.63, 3.8) is 0 Å². The zero-order valence-corrected chi connectivity index (χ0v) is 12.2. The number of fused-ring (bicyclic) bond motifs is 1. The Morgan fingerprint density at radius 3 is 3.00 bits per heavy atom. The zero-order valence-electron chi connectivity index (χ0n) is 10.7. The third-order valence-electron chi connectivity index (χ3n) is 3.29. The van der Waals surface area contributed by atoms with Gasteiger partial charge in [-0.25, -0.2) is 4.39 Å². The van der Waals surface area contributed by atoms with E-state index < -0.39 is 5.82 Å². The van der Waals surface area contributed by atoms with Gasteiger partial charge in [-0.2, -0.15) is 0 Å². The van der Waals surface area contributed by atoms with Gasteiger partial charge in [-0.15, -0.1) is 0 Å². The first kappa shape index (κ1) is 13.3. The van der Waals surface area contributed by atoms with Crippen LogP contribution in [0.15, 0.2) is 30.6 Å². The molecule has 0 aliphatic heterocycles. The van der Waals surface area contributed by atoms with Gasteiger partial charge in [0, 0.05) is 18.5 Å². The number of aromatic nitrogens is 3. The lowest BCUT2D eigenvalue weighted by Gasteiger charge is -2.07. The van der Waals surface area contributed by atoms with Crippen LogP contribution in [0.1, 0.15) is 11.1 Å². The van der Waals surface area contributed by atoms with Crippen molar-refractivity contribution in [2.75, 3.05) is 0 Å². The highest BCUT2D eigenvalue weighted by atomic mass is 35.5. The highest BCUT2D eigenvalue weighted by molar-refractivity contribution is 7.71. The van der Waals surface area contributed by atoms with E-state index in [0.29, 0.717) is 16.8 Å². The Kier molecular flexibility index (Phi) is 3.31. The molecule has 0 saturated carbocycles. The molecule has 0 amide bonds. The SMILES string of the molecule is Cc1ccncc1Cn1c(=S)[nH]c2cc(F)c(Cl)cc21. The third-order valence-corrected chi connectivity index (χ3v) is 3.90. The molecule has 1 aromatic carbocycles. The monoisotopic (exact) mass is 307 g/mol. The molecule has 102 valence electrons. The maximum absolute atomic E-state index is 13.5. The summed E-state index contributed by atoms with van der Waals surface area (Å²) in [5, 5.41) is 0.0863. The molecule has 0 spiro atoms. The van der Waals surface area contributed by atoms with Crippen LogP contribution in [-0.2, 0) is 6.54 Å². The number of pyridine rings is 1. The molecular weight excluding hydrogens is 297 g/mol. The van der Waals surface area contributed by atoms with Gasteiger partial charge >= 0.3 is 0 Å². The van der Waals surface area contributed by atoms with E-state index in [1.54, 1.807) is 18.5 Å². The highest BCUT2D eigenvalue weighted by Gasteiger charge is 2.10. The van der Waals surface area contributed by atoms with Crippen LogP contribution in [-0.4, -0.2) is 14.5 Å². The maximum atomic E-state index is 13.5. The van der Waals surface area contributed by atoms with Crippen LogP contribution >= 0.6 is 23.8 Å². The Morgan fingerprint density at radius 1 is 1.45 bits per heavy atom. The van der Waals surface area contributed by atoms with Gasteiger partial charge in [0.05, 0.1) is 22.6 Å². The number of aromatic amines is 1. The second-order valence-corrected chi connectivity index (χ2v) is 5.40. The first-order chi connectivity index (χ1) is 9.56. The minimum atomic E-state index is -0.458. The van der Waals surface area contributed by atoms with Gasteiger partial charge in [-0.3, -0.25) is 4.98 Å². The number of hydrogen-bond donors (Lipinski definition) is 1. The molecule has 3 aromatic rings. The smallest absolute Gasteiger partial charge is 0.178 e. The number of nitrogens with one attached hydrogen (secondary N) is 1. The average Bonchev–Trinajstić information content (AvgIpc) is 2.69. The lowest BCUT2D eigenvalue weighted by Crippen LogP contribution is -2.02. The summed E-state index contributed by atoms with van der Waals surface area (Å²) in [7, 11) is 0. The molecule has 0 radical (unpaired) electrons. The molecule has 0 atom stereocenters. The molecule has 0 fully saturated rings. The van der Waals surface area contributed by atoms with Crippen molar-refractivity contribution in [2.45, 2.75) is 13.5 Å². The molecule has 2 aromatic heterocycles. The number of hydrogen-bond acceptors (Lipinski definition) is 2. The van der Waals surface area contributed by atoms with Crippen LogP contribution in [0, 0.1) is 17.5 Å². The molecule has 6 heteroatoms. The topological polar surface area (TPSA) is 33.6 Å². The first-order valence-corrected chi connectivity index (χ1v) is 6.82. The number of nitrogens with zero attached hydrogens (tertiary/aromatic N) is 2. The van der Waals surface area contributed by atoms with Gasteiger partial charge < -0.3 is 9.55 Å². The van der Waals surface area contributed by atoms with Crippen LogP contribution in [0.3, 0.4) is 0 Å². The Morgan fingerprint density at radius 2 is 2.25 bits per heavy atom. The fraction of sp³-hybridized carbons (Fsp3) is 0.143. The standard InChI is InChI=1S/C14H11ClFN3S/c1-8-2-3-17-6-9(8)7-19-13-4-10(15)11(16)5-12(13)18-14(19)20/h2-6H,7H2,1H3,(H,18,20). The van der Waals surface area contributed by atoms with Crippen LogP contribution in [0.25, 0.3) is 11.0 Å². The van der Waals surface area contributed by atoms with E-state index in [-0.39, 0.29) is 5.02 Å². The summed E-state index contributed by atoms with van der Waals surface area (Å²) in [5.41, 5.74) is 3.61. The molecule has 0 saturated heterocycles. The van der Waals surface area contributed by atoms with Crippen molar-refractivity contribution in [2.24, 2.45) is 0 Å². The number of halogens is 2. The number of aryl methyl sites for hydroxylation is 1. The summed E-state index contributed by atoms with van der Waals surface area (Å²) in [5.74, 6) is -0.458. The summed E-state index contributed by atoms with van der Waals surface area (Å²) >= 11 is 11.2. The van der Waals surface area contributed by atoms with Crippen molar-refractivity contribution in [1.29, 1.82) is 0 Å². The van der Waals surface area contributed by atoms with Gasteiger partial charge in [-0.1, -0.05) is 11.6 Å². The fourth-order valence-corrected chi connectivity index (χ4v) is 2.57. The van der Waals surface area contributed by atoms with E-state index in [4.69, 9.17) is 23.8 Å². The third kappa shape index (κ3) is 2.23. The van der Waals surface area contributed by atoms with Crippen molar-refractivity contribution in [3.05, 3.63) is 57.3 Å². The quantitative estimate of drug-likeness (QED) is 0.718. The largest absolute Gasteiger partial charge is 0.330 e. The summed E-state index contributed by atoms with van der Waals surface area (Å²) < 4.78 is 15.9. The van der Waals surface area contributed by atoms with Gasteiger partial charge in [0.2, 0.25) is 0 Å². The predicted molar refractivity (Wildman–Crippen MR) is 80.2 cm³/mol. The van der Waals surface area contributed by atoms with Crippen LogP contribution in [0.2, 0.25) is 5.02 Å². The molecule has 1 N–H and O–H groups in total. The second-order valence-electron chi connectivity index (χ2n) is 4.60. The minimum absolute atomic E-state index is 0.0863. The van der Waals surface area contributed by atoms with E-state index in [2.05, 4.69) is 9.97 Å². The minimum Gasteiger partial charge on any atom is -0.330 e. The number of benzene rings is 1. The second kappa shape index (κ2) is 5.00. The first-order valence-electron chi connectivity index (χ1n) is 6.03. The zero-order chi connectivity index (χ0) is 14.3. The van der Waals surface area contributed by atoms with Crippen LogP contribution < -0.4 is 0 Å². The lowest BCUT2D eigenvalue weighted by atomic mass is 10.1. The highest BCUT2D eigenvalue weighted by Crippen LogP contribution is 2.23. The van der Waals surface area contributed by atoms with Crippen molar-refractivity contribution in [1.82, 2.24) is 14.5 Å². The number of H-pyrrole nitrogens is 1. The molecule has 0 aliphatic carbocycles. The Labute approximate surface area is 125 Å². The van der Waals surface area contributed by atoms with Crippen molar-refractivity contribution < 1.29 is 4.39 Å². The van der Waals surface area contributed by atoms with E-state index in [1.807, 2.05) is 17.6 Å². The van der Waals surface area contributed by atoms with E-state index in [9.17, 15) is 4.39 Å².